The molecule has 9 heteroatoms. The number of amides is 1. The molecule has 0 bridgehead atoms. The maximum Gasteiger partial charge on any atom is 0.422 e. The van der Waals surface area contributed by atoms with Gasteiger partial charge in [-0.2, -0.15) is 18.3 Å². The highest BCUT2D eigenvalue weighted by atomic mass is 19.4. The fourth-order valence-electron chi connectivity index (χ4n) is 2.76. The Bertz CT molecular complexity index is 998. The number of nitrogens with one attached hydrogen (secondary N) is 1. The zero-order valence-corrected chi connectivity index (χ0v) is 15.8. The number of halogens is 3. The van der Waals surface area contributed by atoms with Crippen LogP contribution in [-0.4, -0.2) is 33.5 Å². The van der Waals surface area contributed by atoms with Crippen LogP contribution in [0.4, 0.5) is 13.2 Å². The number of carbonyl (C=O) groups excluding carboxylic acids is 1. The summed E-state index contributed by atoms with van der Waals surface area (Å²) in [7, 11) is 0. The Morgan fingerprint density at radius 1 is 1.17 bits per heavy atom. The first-order valence-corrected chi connectivity index (χ1v) is 8.78. The Morgan fingerprint density at radius 2 is 1.90 bits per heavy atom. The maximum atomic E-state index is 12.4. The molecule has 2 heterocycles. The van der Waals surface area contributed by atoms with Gasteiger partial charge in [-0.15, -0.1) is 0 Å². The van der Waals surface area contributed by atoms with Crippen molar-refractivity contribution >= 4 is 5.91 Å². The van der Waals surface area contributed by atoms with Crippen molar-refractivity contribution in [2.45, 2.75) is 26.6 Å². The van der Waals surface area contributed by atoms with Gasteiger partial charge in [0.1, 0.15) is 0 Å². The molecule has 0 fully saturated rings. The molecule has 29 heavy (non-hydrogen) atoms. The minimum atomic E-state index is -4.47. The molecular formula is C20H19F3N4O2. The first kappa shape index (κ1) is 20.4. The number of hydrogen-bond acceptors (Lipinski definition) is 4. The average Bonchev–Trinajstić information content (AvgIpc) is 3.02. The SMILES string of the molecule is Cc1cc(C)n(-c2ccc(C(=O)NCc3cccnc3OCC(F)(F)F)cc2)n1. The van der Waals surface area contributed by atoms with Gasteiger partial charge in [-0.05, 0) is 50.2 Å². The molecule has 1 aromatic carbocycles. The van der Waals surface area contributed by atoms with Crippen LogP contribution in [0.2, 0.25) is 0 Å². The molecule has 152 valence electrons. The highest BCUT2D eigenvalue weighted by molar-refractivity contribution is 5.94. The lowest BCUT2D eigenvalue weighted by molar-refractivity contribution is -0.154. The first-order chi connectivity index (χ1) is 13.7. The fraction of sp³-hybridized carbons (Fsp3) is 0.250. The molecule has 0 aliphatic carbocycles. The standard InChI is InChI=1S/C20H19F3N4O2/c1-13-10-14(2)27(26-13)17-7-5-15(6-8-17)18(28)25-11-16-4-3-9-24-19(16)29-12-20(21,22)23/h3-10H,11-12H2,1-2H3,(H,25,28). The van der Waals surface area contributed by atoms with E-state index in [2.05, 4.69) is 15.4 Å². The Kier molecular flexibility index (Phi) is 5.86. The average molecular weight is 404 g/mol. The molecule has 2 aromatic heterocycles. The summed E-state index contributed by atoms with van der Waals surface area (Å²) < 4.78 is 43.6. The van der Waals surface area contributed by atoms with Gasteiger partial charge in [-0.25, -0.2) is 9.67 Å². The number of aromatic nitrogens is 3. The van der Waals surface area contributed by atoms with Crippen LogP contribution in [0.3, 0.4) is 0 Å². The molecule has 0 aliphatic rings. The second-order valence-electron chi connectivity index (χ2n) is 6.44. The van der Waals surface area contributed by atoms with E-state index in [0.29, 0.717) is 11.1 Å². The zero-order valence-electron chi connectivity index (χ0n) is 15.8. The fourth-order valence-corrected chi connectivity index (χ4v) is 2.76. The van der Waals surface area contributed by atoms with Gasteiger partial charge in [-0.3, -0.25) is 4.79 Å². The van der Waals surface area contributed by atoms with Crippen molar-refractivity contribution in [2.75, 3.05) is 6.61 Å². The summed E-state index contributed by atoms with van der Waals surface area (Å²) in [5.74, 6) is -0.527. The van der Waals surface area contributed by atoms with E-state index in [1.165, 1.54) is 6.20 Å². The summed E-state index contributed by atoms with van der Waals surface area (Å²) >= 11 is 0. The van der Waals surface area contributed by atoms with Crippen molar-refractivity contribution in [3.05, 3.63) is 71.2 Å². The van der Waals surface area contributed by atoms with E-state index >= 15 is 0 Å². The number of ether oxygens (including phenoxy) is 1. The van der Waals surface area contributed by atoms with Gasteiger partial charge in [-0.1, -0.05) is 6.07 Å². The third-order valence-corrected chi connectivity index (χ3v) is 4.05. The van der Waals surface area contributed by atoms with E-state index in [0.717, 1.165) is 17.1 Å². The number of rotatable bonds is 6. The normalized spacial score (nSPS) is 11.3. The number of carbonyl (C=O) groups is 1. The Labute approximate surface area is 165 Å². The van der Waals surface area contributed by atoms with Gasteiger partial charge in [0.25, 0.3) is 5.91 Å². The molecule has 3 aromatic rings. The molecule has 3 rings (SSSR count). The third kappa shape index (κ3) is 5.34. The summed E-state index contributed by atoms with van der Waals surface area (Å²) in [6.45, 7) is 2.38. The van der Waals surface area contributed by atoms with Crippen molar-refractivity contribution in [2.24, 2.45) is 0 Å². The number of pyridine rings is 1. The van der Waals surface area contributed by atoms with Gasteiger partial charge in [0.2, 0.25) is 5.88 Å². The Hall–Kier alpha value is -3.36. The lowest BCUT2D eigenvalue weighted by Crippen LogP contribution is -2.24. The van der Waals surface area contributed by atoms with Crippen molar-refractivity contribution in [3.8, 4) is 11.6 Å². The molecule has 6 nitrogen and oxygen atoms in total. The van der Waals surface area contributed by atoms with E-state index in [4.69, 9.17) is 4.74 Å². The van der Waals surface area contributed by atoms with Crippen LogP contribution in [0, 0.1) is 13.8 Å². The molecule has 1 N–H and O–H groups in total. The predicted molar refractivity (Wildman–Crippen MR) is 100.0 cm³/mol. The summed E-state index contributed by atoms with van der Waals surface area (Å²) in [4.78, 5) is 16.2. The minimum absolute atomic E-state index is 0.0148. The largest absolute Gasteiger partial charge is 0.468 e. The predicted octanol–water partition coefficient (Wildman–Crippen LogP) is 3.76. The summed E-state index contributed by atoms with van der Waals surface area (Å²) in [6.07, 6.45) is -3.14. The molecule has 0 atom stereocenters. The second-order valence-corrected chi connectivity index (χ2v) is 6.44. The van der Waals surface area contributed by atoms with Crippen LogP contribution in [0.25, 0.3) is 5.69 Å². The van der Waals surface area contributed by atoms with Crippen LogP contribution in [0.1, 0.15) is 27.3 Å². The maximum absolute atomic E-state index is 12.4. The molecule has 0 saturated heterocycles. The van der Waals surface area contributed by atoms with Crippen LogP contribution in [0.15, 0.2) is 48.7 Å². The molecule has 1 amide bonds. The third-order valence-electron chi connectivity index (χ3n) is 4.05. The number of benzene rings is 1. The van der Waals surface area contributed by atoms with Crippen LogP contribution in [-0.2, 0) is 6.54 Å². The van der Waals surface area contributed by atoms with Crippen molar-refractivity contribution in [1.82, 2.24) is 20.1 Å². The van der Waals surface area contributed by atoms with Crippen molar-refractivity contribution in [1.29, 1.82) is 0 Å². The quantitative estimate of drug-likeness (QED) is 0.679. The smallest absolute Gasteiger partial charge is 0.422 e. The van der Waals surface area contributed by atoms with Crippen LogP contribution < -0.4 is 10.1 Å². The summed E-state index contributed by atoms with van der Waals surface area (Å²) in [5.41, 5.74) is 3.45. The van der Waals surface area contributed by atoms with Crippen LogP contribution in [0.5, 0.6) is 5.88 Å². The van der Waals surface area contributed by atoms with E-state index in [1.807, 2.05) is 19.9 Å². The molecule has 0 aliphatic heterocycles. The topological polar surface area (TPSA) is 69.0 Å². The number of nitrogens with zero attached hydrogens (tertiary/aromatic N) is 3. The second kappa shape index (κ2) is 8.34. The Morgan fingerprint density at radius 3 is 2.52 bits per heavy atom. The van der Waals surface area contributed by atoms with E-state index in [1.54, 1.807) is 41.1 Å². The molecule has 0 spiro atoms. The van der Waals surface area contributed by atoms with Crippen molar-refractivity contribution in [3.63, 3.8) is 0 Å². The van der Waals surface area contributed by atoms with E-state index < -0.39 is 12.8 Å². The van der Waals surface area contributed by atoms with Crippen LogP contribution >= 0.6 is 0 Å². The van der Waals surface area contributed by atoms with Crippen molar-refractivity contribution < 1.29 is 22.7 Å². The minimum Gasteiger partial charge on any atom is -0.468 e. The summed E-state index contributed by atoms with van der Waals surface area (Å²) in [5, 5.41) is 7.06. The molecule has 0 radical (unpaired) electrons. The highest BCUT2D eigenvalue weighted by Crippen LogP contribution is 2.20. The Balaban J connectivity index is 1.65. The lowest BCUT2D eigenvalue weighted by atomic mass is 10.2. The molecule has 0 saturated carbocycles. The monoisotopic (exact) mass is 404 g/mol. The van der Waals surface area contributed by atoms with E-state index in [9.17, 15) is 18.0 Å². The number of aryl methyl sites for hydroxylation is 2. The van der Waals surface area contributed by atoms with Gasteiger partial charge >= 0.3 is 6.18 Å². The summed E-state index contributed by atoms with van der Waals surface area (Å²) in [6, 6.07) is 11.9. The van der Waals surface area contributed by atoms with Gasteiger partial charge in [0.05, 0.1) is 11.4 Å². The number of hydrogen-bond donors (Lipinski definition) is 1. The molecule has 0 unspecified atom stereocenters. The molecular weight excluding hydrogens is 385 g/mol. The van der Waals surface area contributed by atoms with Gasteiger partial charge in [0, 0.05) is 29.6 Å². The highest BCUT2D eigenvalue weighted by Gasteiger charge is 2.29. The number of alkyl halides is 3. The lowest BCUT2D eigenvalue weighted by Gasteiger charge is -2.12. The first-order valence-electron chi connectivity index (χ1n) is 8.78. The van der Waals surface area contributed by atoms with Gasteiger partial charge < -0.3 is 10.1 Å². The van der Waals surface area contributed by atoms with Gasteiger partial charge in [0.15, 0.2) is 6.61 Å². The van der Waals surface area contributed by atoms with E-state index in [-0.39, 0.29) is 18.3 Å². The zero-order chi connectivity index (χ0) is 21.0.